The van der Waals surface area contributed by atoms with Crippen LogP contribution in [-0.2, 0) is 0 Å². The van der Waals surface area contributed by atoms with Crippen molar-refractivity contribution in [3.63, 3.8) is 0 Å². The zero-order valence-corrected chi connectivity index (χ0v) is 11.1. The zero-order valence-electron chi connectivity index (χ0n) is 9.54. The van der Waals surface area contributed by atoms with E-state index in [1.165, 1.54) is 6.07 Å². The molecular formula is C12H14BrFN2O. The number of nitrogens with one attached hydrogen (secondary N) is 1. The molecule has 92 valence electrons. The molecule has 1 aromatic carbocycles. The molecule has 3 nitrogen and oxygen atoms in total. The van der Waals surface area contributed by atoms with E-state index in [0.29, 0.717) is 4.47 Å². The van der Waals surface area contributed by atoms with Gasteiger partial charge in [0.05, 0.1) is 5.56 Å². The smallest absolute Gasteiger partial charge is 0.258 e. The Morgan fingerprint density at radius 2 is 2.35 bits per heavy atom. The second-order valence-electron chi connectivity index (χ2n) is 4.16. The molecule has 1 heterocycles. The monoisotopic (exact) mass is 300 g/mol. The molecule has 1 amide bonds. The van der Waals surface area contributed by atoms with E-state index in [1.807, 2.05) is 0 Å². The molecule has 1 aliphatic rings. The van der Waals surface area contributed by atoms with Crippen LogP contribution in [0.15, 0.2) is 22.7 Å². The first kappa shape index (κ1) is 12.5. The maximum absolute atomic E-state index is 13.7. The van der Waals surface area contributed by atoms with Crippen LogP contribution in [0.4, 0.5) is 4.39 Å². The number of hydrogen-bond donors (Lipinski definition) is 1. The molecule has 1 aromatic rings. The Hall–Kier alpha value is -0.940. The number of carbonyl (C=O) groups excluding carboxylic acids is 1. The Labute approximate surface area is 108 Å². The summed E-state index contributed by atoms with van der Waals surface area (Å²) < 4.78 is 14.2. The van der Waals surface area contributed by atoms with Crippen molar-refractivity contribution < 1.29 is 9.18 Å². The average Bonchev–Trinajstić information content (AvgIpc) is 2.81. The lowest BCUT2D eigenvalue weighted by molar-refractivity contribution is 0.0738. The normalized spacial score (nSPS) is 19.4. The van der Waals surface area contributed by atoms with Crippen LogP contribution in [0.2, 0.25) is 0 Å². The molecule has 0 bridgehead atoms. The van der Waals surface area contributed by atoms with Gasteiger partial charge in [0, 0.05) is 24.1 Å². The molecule has 0 radical (unpaired) electrons. The van der Waals surface area contributed by atoms with Crippen LogP contribution in [0, 0.1) is 5.82 Å². The number of carbonyl (C=O) groups is 1. The minimum Gasteiger partial charge on any atom is -0.337 e. The van der Waals surface area contributed by atoms with Crippen molar-refractivity contribution in [2.75, 3.05) is 20.1 Å². The molecule has 1 fully saturated rings. The molecule has 1 N–H and O–H groups in total. The summed E-state index contributed by atoms with van der Waals surface area (Å²) in [4.78, 5) is 13.8. The second kappa shape index (κ2) is 5.14. The molecule has 0 saturated carbocycles. The third-order valence-corrected chi connectivity index (χ3v) is 3.74. The van der Waals surface area contributed by atoms with Gasteiger partial charge < -0.3 is 10.2 Å². The van der Waals surface area contributed by atoms with Crippen molar-refractivity contribution >= 4 is 21.8 Å². The van der Waals surface area contributed by atoms with E-state index < -0.39 is 5.82 Å². The lowest BCUT2D eigenvalue weighted by atomic mass is 10.1. The topological polar surface area (TPSA) is 32.3 Å². The number of hydrogen-bond acceptors (Lipinski definition) is 2. The zero-order chi connectivity index (χ0) is 12.4. The van der Waals surface area contributed by atoms with Crippen LogP contribution in [-0.4, -0.2) is 37.0 Å². The summed E-state index contributed by atoms with van der Waals surface area (Å²) >= 11 is 3.22. The fraction of sp³-hybridized carbons (Fsp3) is 0.417. The molecule has 1 atom stereocenters. The van der Waals surface area contributed by atoms with Crippen molar-refractivity contribution in [1.29, 1.82) is 0 Å². The predicted octanol–water partition coefficient (Wildman–Crippen LogP) is 2.02. The van der Waals surface area contributed by atoms with Crippen LogP contribution < -0.4 is 5.32 Å². The van der Waals surface area contributed by atoms with Gasteiger partial charge in [0.2, 0.25) is 0 Å². The SMILES string of the molecule is CN(C(=O)c1c(F)cccc1Br)[C@@H]1CCNC1. The largest absolute Gasteiger partial charge is 0.337 e. The molecule has 0 aliphatic carbocycles. The highest BCUT2D eigenvalue weighted by molar-refractivity contribution is 9.10. The number of benzene rings is 1. The fourth-order valence-corrected chi connectivity index (χ4v) is 2.53. The van der Waals surface area contributed by atoms with E-state index in [9.17, 15) is 9.18 Å². The molecule has 2 rings (SSSR count). The molecule has 0 unspecified atom stereocenters. The quantitative estimate of drug-likeness (QED) is 0.906. The number of likely N-dealkylation sites (N-methyl/N-ethyl adjacent to an activating group) is 1. The van der Waals surface area contributed by atoms with Gasteiger partial charge in [-0.25, -0.2) is 4.39 Å². The van der Waals surface area contributed by atoms with Crippen molar-refractivity contribution in [2.24, 2.45) is 0 Å². The first-order chi connectivity index (χ1) is 8.11. The van der Waals surface area contributed by atoms with Gasteiger partial charge in [-0.2, -0.15) is 0 Å². The minimum atomic E-state index is -0.484. The van der Waals surface area contributed by atoms with Gasteiger partial charge in [-0.1, -0.05) is 6.07 Å². The van der Waals surface area contributed by atoms with Gasteiger partial charge in [-0.05, 0) is 41.0 Å². The Morgan fingerprint density at radius 3 is 2.94 bits per heavy atom. The fourth-order valence-electron chi connectivity index (χ4n) is 2.01. The van der Waals surface area contributed by atoms with Crippen LogP contribution in [0.1, 0.15) is 16.8 Å². The van der Waals surface area contributed by atoms with E-state index in [2.05, 4.69) is 21.2 Å². The highest BCUT2D eigenvalue weighted by atomic mass is 79.9. The van der Waals surface area contributed by atoms with Crippen molar-refractivity contribution in [3.8, 4) is 0 Å². The number of nitrogens with zero attached hydrogens (tertiary/aromatic N) is 1. The summed E-state index contributed by atoms with van der Waals surface area (Å²) in [5.41, 5.74) is 0.113. The van der Waals surface area contributed by atoms with E-state index in [4.69, 9.17) is 0 Å². The van der Waals surface area contributed by atoms with Gasteiger partial charge in [0.25, 0.3) is 5.91 Å². The third-order valence-electron chi connectivity index (χ3n) is 3.08. The van der Waals surface area contributed by atoms with E-state index in [-0.39, 0.29) is 17.5 Å². The third kappa shape index (κ3) is 2.50. The van der Waals surface area contributed by atoms with Crippen molar-refractivity contribution in [2.45, 2.75) is 12.5 Å². The summed E-state index contributed by atoms with van der Waals surface area (Å²) in [7, 11) is 1.72. The van der Waals surface area contributed by atoms with Gasteiger partial charge in [-0.3, -0.25) is 4.79 Å². The first-order valence-corrected chi connectivity index (χ1v) is 6.32. The predicted molar refractivity (Wildman–Crippen MR) is 67.5 cm³/mol. The van der Waals surface area contributed by atoms with Crippen molar-refractivity contribution in [1.82, 2.24) is 10.2 Å². The molecule has 1 aliphatic heterocycles. The van der Waals surface area contributed by atoms with E-state index in [0.717, 1.165) is 19.5 Å². The molecule has 0 aromatic heterocycles. The van der Waals surface area contributed by atoms with Crippen LogP contribution in [0.3, 0.4) is 0 Å². The van der Waals surface area contributed by atoms with Crippen molar-refractivity contribution in [3.05, 3.63) is 34.1 Å². The minimum absolute atomic E-state index is 0.113. The Morgan fingerprint density at radius 1 is 1.59 bits per heavy atom. The summed E-state index contributed by atoms with van der Waals surface area (Å²) in [6, 6.07) is 4.71. The second-order valence-corrected chi connectivity index (χ2v) is 5.01. The number of amides is 1. The Kier molecular flexibility index (Phi) is 3.79. The summed E-state index contributed by atoms with van der Waals surface area (Å²) in [6.45, 7) is 1.68. The van der Waals surface area contributed by atoms with E-state index >= 15 is 0 Å². The highest BCUT2D eigenvalue weighted by Crippen LogP contribution is 2.22. The Bertz CT molecular complexity index is 412. The molecule has 1 saturated heterocycles. The molecule has 5 heteroatoms. The summed E-state index contributed by atoms with van der Waals surface area (Å²) in [6.07, 6.45) is 0.911. The lowest BCUT2D eigenvalue weighted by Gasteiger charge is -2.24. The average molecular weight is 301 g/mol. The summed E-state index contributed by atoms with van der Waals surface area (Å²) in [5, 5.41) is 3.19. The van der Waals surface area contributed by atoms with Crippen LogP contribution >= 0.6 is 15.9 Å². The Balaban J connectivity index is 2.24. The maximum atomic E-state index is 13.7. The number of rotatable bonds is 2. The molecule has 17 heavy (non-hydrogen) atoms. The van der Waals surface area contributed by atoms with Gasteiger partial charge in [0.15, 0.2) is 0 Å². The highest BCUT2D eigenvalue weighted by Gasteiger charge is 2.26. The summed E-state index contributed by atoms with van der Waals surface area (Å²) in [5.74, 6) is -0.758. The van der Waals surface area contributed by atoms with Crippen LogP contribution in [0.25, 0.3) is 0 Å². The van der Waals surface area contributed by atoms with Crippen LogP contribution in [0.5, 0.6) is 0 Å². The molecule has 0 spiro atoms. The maximum Gasteiger partial charge on any atom is 0.258 e. The van der Waals surface area contributed by atoms with Gasteiger partial charge >= 0.3 is 0 Å². The number of halogens is 2. The standard InChI is InChI=1S/C12H14BrFN2O/c1-16(8-5-6-15-7-8)12(17)11-9(13)3-2-4-10(11)14/h2-4,8,15H,5-7H2,1H3/t8-/m1/s1. The van der Waals surface area contributed by atoms with E-state index in [1.54, 1.807) is 24.1 Å². The van der Waals surface area contributed by atoms with Gasteiger partial charge in [0.1, 0.15) is 5.82 Å². The van der Waals surface area contributed by atoms with Gasteiger partial charge in [-0.15, -0.1) is 0 Å². The lowest BCUT2D eigenvalue weighted by Crippen LogP contribution is -2.38. The molecular weight excluding hydrogens is 287 g/mol. The first-order valence-electron chi connectivity index (χ1n) is 5.53.